The van der Waals surface area contributed by atoms with E-state index in [9.17, 15) is 4.79 Å². The standard InChI is InChI=1S/C9H12N2O2/c1-11-9(12)8(13-10)7-5-3-2-4-6-7/h2-6,8H,10H2,1H3,(H,11,12)/t8-/m1/s1. The first-order valence-electron chi connectivity index (χ1n) is 3.91. The number of nitrogens with two attached hydrogens (primary N) is 1. The van der Waals surface area contributed by atoms with Gasteiger partial charge in [0.1, 0.15) is 0 Å². The lowest BCUT2D eigenvalue weighted by Crippen LogP contribution is -2.29. The highest BCUT2D eigenvalue weighted by atomic mass is 16.6. The van der Waals surface area contributed by atoms with E-state index in [1.165, 1.54) is 7.05 Å². The number of likely N-dealkylation sites (N-methyl/N-ethyl adjacent to an activating group) is 1. The summed E-state index contributed by atoms with van der Waals surface area (Å²) < 4.78 is 0. The van der Waals surface area contributed by atoms with Crippen molar-refractivity contribution in [2.24, 2.45) is 5.90 Å². The first-order chi connectivity index (χ1) is 6.29. The Bertz CT molecular complexity index is 274. The van der Waals surface area contributed by atoms with Gasteiger partial charge in [-0.3, -0.25) is 9.63 Å². The Hall–Kier alpha value is -1.39. The molecule has 1 aromatic carbocycles. The maximum Gasteiger partial charge on any atom is 0.255 e. The zero-order valence-electron chi connectivity index (χ0n) is 7.36. The van der Waals surface area contributed by atoms with Crippen LogP contribution in [-0.2, 0) is 9.63 Å². The largest absolute Gasteiger partial charge is 0.357 e. The fourth-order valence-corrected chi connectivity index (χ4v) is 1.05. The van der Waals surface area contributed by atoms with E-state index >= 15 is 0 Å². The molecule has 0 fully saturated rings. The maximum atomic E-state index is 11.2. The minimum Gasteiger partial charge on any atom is -0.357 e. The highest BCUT2D eigenvalue weighted by Gasteiger charge is 2.18. The van der Waals surface area contributed by atoms with E-state index in [2.05, 4.69) is 10.2 Å². The molecule has 1 aromatic rings. The average Bonchev–Trinajstić information content (AvgIpc) is 2.20. The van der Waals surface area contributed by atoms with Crippen molar-refractivity contribution in [2.75, 3.05) is 7.05 Å². The van der Waals surface area contributed by atoms with Gasteiger partial charge in [0.2, 0.25) is 0 Å². The number of amides is 1. The molecule has 0 bridgehead atoms. The van der Waals surface area contributed by atoms with Crippen LogP contribution in [0.1, 0.15) is 11.7 Å². The summed E-state index contributed by atoms with van der Waals surface area (Å²) in [6.45, 7) is 0. The molecule has 0 aliphatic heterocycles. The third-order valence-electron chi connectivity index (χ3n) is 1.72. The first-order valence-corrected chi connectivity index (χ1v) is 3.91. The molecule has 0 aromatic heterocycles. The third kappa shape index (κ3) is 2.27. The molecule has 0 heterocycles. The molecule has 0 aliphatic rings. The summed E-state index contributed by atoms with van der Waals surface area (Å²) in [6, 6.07) is 9.08. The van der Waals surface area contributed by atoms with Crippen molar-refractivity contribution < 1.29 is 9.63 Å². The molecule has 0 saturated heterocycles. The van der Waals surface area contributed by atoms with E-state index in [4.69, 9.17) is 5.90 Å². The number of carbonyl (C=O) groups is 1. The Morgan fingerprint density at radius 1 is 1.46 bits per heavy atom. The molecule has 1 rings (SSSR count). The van der Waals surface area contributed by atoms with Crippen LogP contribution in [0.4, 0.5) is 0 Å². The quantitative estimate of drug-likeness (QED) is 0.660. The first kappa shape index (κ1) is 9.70. The topological polar surface area (TPSA) is 64.3 Å². The van der Waals surface area contributed by atoms with E-state index in [1.807, 2.05) is 18.2 Å². The van der Waals surface area contributed by atoms with E-state index < -0.39 is 6.10 Å². The van der Waals surface area contributed by atoms with Crippen LogP contribution in [-0.4, -0.2) is 13.0 Å². The van der Waals surface area contributed by atoms with Gasteiger partial charge in [0, 0.05) is 7.05 Å². The molecule has 1 amide bonds. The van der Waals surface area contributed by atoms with Gasteiger partial charge >= 0.3 is 0 Å². The highest BCUT2D eigenvalue weighted by Crippen LogP contribution is 2.14. The van der Waals surface area contributed by atoms with Crippen LogP contribution >= 0.6 is 0 Å². The van der Waals surface area contributed by atoms with Gasteiger partial charge in [0.05, 0.1) is 0 Å². The molecular formula is C9H12N2O2. The molecule has 0 spiro atoms. The molecule has 1 atom stereocenters. The van der Waals surface area contributed by atoms with Crippen LogP contribution < -0.4 is 11.2 Å². The lowest BCUT2D eigenvalue weighted by Gasteiger charge is -2.12. The van der Waals surface area contributed by atoms with Crippen LogP contribution in [0.25, 0.3) is 0 Å². The SMILES string of the molecule is CNC(=O)[C@H](ON)c1ccccc1. The molecule has 4 heteroatoms. The van der Waals surface area contributed by atoms with Crippen molar-refractivity contribution in [2.45, 2.75) is 6.10 Å². The van der Waals surface area contributed by atoms with E-state index in [0.717, 1.165) is 5.56 Å². The van der Waals surface area contributed by atoms with Gasteiger partial charge < -0.3 is 5.32 Å². The second-order valence-corrected chi connectivity index (χ2v) is 2.54. The second-order valence-electron chi connectivity index (χ2n) is 2.54. The average molecular weight is 180 g/mol. The predicted octanol–water partition coefficient (Wildman–Crippen LogP) is 0.364. The molecule has 13 heavy (non-hydrogen) atoms. The van der Waals surface area contributed by atoms with Crippen LogP contribution in [0.5, 0.6) is 0 Å². The van der Waals surface area contributed by atoms with Crippen LogP contribution in [0.15, 0.2) is 30.3 Å². The lowest BCUT2D eigenvalue weighted by atomic mass is 10.1. The van der Waals surface area contributed by atoms with Crippen molar-refractivity contribution in [1.82, 2.24) is 5.32 Å². The Kier molecular flexibility index (Phi) is 3.42. The van der Waals surface area contributed by atoms with Gasteiger partial charge in [0.25, 0.3) is 5.91 Å². The highest BCUT2D eigenvalue weighted by molar-refractivity contribution is 5.81. The van der Waals surface area contributed by atoms with Crippen LogP contribution in [0, 0.1) is 0 Å². The van der Waals surface area contributed by atoms with Crippen LogP contribution in [0.3, 0.4) is 0 Å². The Balaban J connectivity index is 2.85. The number of benzene rings is 1. The Labute approximate surface area is 76.6 Å². The Morgan fingerprint density at radius 2 is 2.08 bits per heavy atom. The van der Waals surface area contributed by atoms with Crippen molar-refractivity contribution in [3.05, 3.63) is 35.9 Å². The normalized spacial score (nSPS) is 12.2. The number of hydrogen-bond donors (Lipinski definition) is 2. The number of rotatable bonds is 3. The molecular weight excluding hydrogens is 168 g/mol. The second kappa shape index (κ2) is 4.59. The summed E-state index contributed by atoms with van der Waals surface area (Å²) in [5.41, 5.74) is 0.740. The summed E-state index contributed by atoms with van der Waals surface area (Å²) in [5, 5.41) is 2.47. The predicted molar refractivity (Wildman–Crippen MR) is 48.5 cm³/mol. The summed E-state index contributed by atoms with van der Waals surface area (Å²) in [4.78, 5) is 15.8. The molecule has 0 aliphatic carbocycles. The van der Waals surface area contributed by atoms with Crippen molar-refractivity contribution in [3.8, 4) is 0 Å². The fourth-order valence-electron chi connectivity index (χ4n) is 1.05. The van der Waals surface area contributed by atoms with Gasteiger partial charge in [-0.25, -0.2) is 5.90 Å². The minimum absolute atomic E-state index is 0.256. The number of carbonyl (C=O) groups excluding carboxylic acids is 1. The third-order valence-corrected chi connectivity index (χ3v) is 1.72. The Morgan fingerprint density at radius 3 is 2.54 bits per heavy atom. The van der Waals surface area contributed by atoms with Crippen molar-refractivity contribution in [3.63, 3.8) is 0 Å². The van der Waals surface area contributed by atoms with Gasteiger partial charge in [0.15, 0.2) is 6.10 Å². The zero-order chi connectivity index (χ0) is 9.68. The van der Waals surface area contributed by atoms with Gasteiger partial charge in [-0.15, -0.1) is 0 Å². The van der Waals surface area contributed by atoms with E-state index in [-0.39, 0.29) is 5.91 Å². The molecule has 3 N–H and O–H groups in total. The van der Waals surface area contributed by atoms with Crippen molar-refractivity contribution in [1.29, 1.82) is 0 Å². The smallest absolute Gasteiger partial charge is 0.255 e. The van der Waals surface area contributed by atoms with E-state index in [1.54, 1.807) is 12.1 Å². The summed E-state index contributed by atoms with van der Waals surface area (Å²) in [6.07, 6.45) is -0.730. The maximum absolute atomic E-state index is 11.2. The van der Waals surface area contributed by atoms with Crippen LogP contribution in [0.2, 0.25) is 0 Å². The zero-order valence-corrected chi connectivity index (χ0v) is 7.36. The molecule has 0 saturated carbocycles. The van der Waals surface area contributed by atoms with Gasteiger partial charge in [-0.2, -0.15) is 0 Å². The van der Waals surface area contributed by atoms with Gasteiger partial charge in [-0.1, -0.05) is 30.3 Å². The summed E-state index contributed by atoms with van der Waals surface area (Å²) in [5.74, 6) is 4.76. The monoisotopic (exact) mass is 180 g/mol. The molecule has 0 radical (unpaired) electrons. The minimum atomic E-state index is -0.730. The van der Waals surface area contributed by atoms with Crippen molar-refractivity contribution >= 4 is 5.91 Å². The summed E-state index contributed by atoms with van der Waals surface area (Å²) in [7, 11) is 1.54. The molecule has 0 unspecified atom stereocenters. The number of nitrogens with one attached hydrogen (secondary N) is 1. The number of hydrogen-bond acceptors (Lipinski definition) is 3. The molecule has 70 valence electrons. The van der Waals surface area contributed by atoms with Gasteiger partial charge in [-0.05, 0) is 5.56 Å². The van der Waals surface area contributed by atoms with E-state index in [0.29, 0.717) is 0 Å². The summed E-state index contributed by atoms with van der Waals surface area (Å²) >= 11 is 0. The fraction of sp³-hybridized carbons (Fsp3) is 0.222. The molecule has 4 nitrogen and oxygen atoms in total. The lowest BCUT2D eigenvalue weighted by molar-refractivity contribution is -0.133.